The highest BCUT2D eigenvalue weighted by Gasteiger charge is 2.69. The van der Waals surface area contributed by atoms with E-state index in [9.17, 15) is 14.4 Å². The van der Waals surface area contributed by atoms with Gasteiger partial charge in [0.2, 0.25) is 0 Å². The van der Waals surface area contributed by atoms with Gasteiger partial charge in [-0.1, -0.05) is 39.0 Å². The molecule has 1 aromatic heterocycles. The van der Waals surface area contributed by atoms with Crippen LogP contribution in [-0.2, 0) is 28.5 Å². The molecule has 1 saturated carbocycles. The van der Waals surface area contributed by atoms with E-state index in [-0.39, 0.29) is 29.6 Å². The first-order chi connectivity index (χ1) is 17.2. The van der Waals surface area contributed by atoms with Gasteiger partial charge in [0.25, 0.3) is 0 Å². The number of methoxy groups -OCH3 is 1. The number of Topliss-reactive ketones (excluding diaryl/α,β-unsaturated/α-hetero) is 1. The number of hydrogen-bond donors (Lipinski definition) is 1. The maximum Gasteiger partial charge on any atom is 0.355 e. The molecule has 1 aromatic rings. The standard InChI is InChI=1S/C28H35NO7/c1-6-20-14(2)12-15(3)28-17(13-21(33-5)27(32)34-20)9-10-18-22(28)23(30)16(4)24(25(18)36-28)35-26(31)19-8-7-11-29-19/h7-12,14,16-18,20-22,24-25,29H,6,13H2,1-5H3/b15-12-/t14-,16-,17-,18-,20-,21+,22+,24-,25+,28+/m1/s1. The number of esters is 2. The first kappa shape index (κ1) is 25.0. The smallest absolute Gasteiger partial charge is 0.355 e. The highest BCUT2D eigenvalue weighted by Crippen LogP contribution is 2.60. The Morgan fingerprint density at radius 3 is 2.69 bits per heavy atom. The lowest BCUT2D eigenvalue weighted by atomic mass is 9.58. The maximum atomic E-state index is 14.0. The van der Waals surface area contributed by atoms with Gasteiger partial charge in [-0.25, -0.2) is 9.59 Å². The lowest BCUT2D eigenvalue weighted by Crippen LogP contribution is -2.55. The molecule has 0 aromatic carbocycles. The normalized spacial score (nSPS) is 43.2. The fraction of sp³-hybridized carbons (Fsp3) is 0.607. The van der Waals surface area contributed by atoms with Crippen LogP contribution in [0.2, 0.25) is 0 Å². The van der Waals surface area contributed by atoms with Crippen LogP contribution >= 0.6 is 0 Å². The molecule has 1 N–H and O–H groups in total. The van der Waals surface area contributed by atoms with Crippen molar-refractivity contribution in [2.24, 2.45) is 29.6 Å². The molecular formula is C28H35NO7. The van der Waals surface area contributed by atoms with Crippen molar-refractivity contribution in [1.29, 1.82) is 0 Å². The molecule has 2 aliphatic carbocycles. The van der Waals surface area contributed by atoms with Gasteiger partial charge in [-0.05, 0) is 37.5 Å². The number of ketones is 1. The fourth-order valence-electron chi connectivity index (χ4n) is 6.85. The second-order valence-corrected chi connectivity index (χ2v) is 10.6. The number of H-pyrrole nitrogens is 1. The molecule has 2 aliphatic heterocycles. The number of cyclic esters (lactones) is 1. The van der Waals surface area contributed by atoms with E-state index in [4.69, 9.17) is 18.9 Å². The first-order valence-corrected chi connectivity index (χ1v) is 12.9. The van der Waals surface area contributed by atoms with Crippen LogP contribution in [0.25, 0.3) is 0 Å². The molecule has 2 fully saturated rings. The maximum absolute atomic E-state index is 14.0. The summed E-state index contributed by atoms with van der Waals surface area (Å²) < 4.78 is 24.2. The predicted molar refractivity (Wildman–Crippen MR) is 130 cm³/mol. The molecular weight excluding hydrogens is 462 g/mol. The number of aromatic nitrogens is 1. The van der Waals surface area contributed by atoms with Crippen molar-refractivity contribution >= 4 is 17.7 Å². The van der Waals surface area contributed by atoms with E-state index in [0.717, 1.165) is 5.57 Å². The van der Waals surface area contributed by atoms with Crippen LogP contribution in [0.3, 0.4) is 0 Å². The van der Waals surface area contributed by atoms with E-state index < -0.39 is 47.7 Å². The lowest BCUT2D eigenvalue weighted by molar-refractivity contribution is -0.166. The molecule has 4 aliphatic rings. The topological polar surface area (TPSA) is 104 Å². The largest absolute Gasteiger partial charge is 0.460 e. The Hall–Kier alpha value is -2.71. The zero-order valence-corrected chi connectivity index (χ0v) is 21.4. The number of ether oxygens (including phenoxy) is 4. The Morgan fingerprint density at radius 2 is 2.03 bits per heavy atom. The number of nitrogens with one attached hydrogen (secondary N) is 1. The van der Waals surface area contributed by atoms with Crippen LogP contribution in [0.5, 0.6) is 0 Å². The summed E-state index contributed by atoms with van der Waals surface area (Å²) in [5.74, 6) is -2.40. The molecule has 10 atom stereocenters. The molecule has 0 radical (unpaired) electrons. The Bertz CT molecular complexity index is 1090. The summed E-state index contributed by atoms with van der Waals surface area (Å²) in [6, 6.07) is 3.37. The SMILES string of the molecule is CC[C@H]1OC(=O)[C@@H](OC)C[C@H]2C=C[C@H]3[C@@H]4O[C@]2(/C(C)=C\[C@H]1C)[C@@H]3C(=O)[C@@H](C)[C@H]4OC(=O)c1ccc[nH]1. The van der Waals surface area contributed by atoms with E-state index in [1.807, 2.05) is 33.8 Å². The Labute approximate surface area is 211 Å². The van der Waals surface area contributed by atoms with Gasteiger partial charge < -0.3 is 23.9 Å². The van der Waals surface area contributed by atoms with E-state index in [1.165, 1.54) is 7.11 Å². The van der Waals surface area contributed by atoms with Crippen LogP contribution in [0.1, 0.15) is 51.0 Å². The van der Waals surface area contributed by atoms with Gasteiger partial charge in [-0.3, -0.25) is 4.79 Å². The highest BCUT2D eigenvalue weighted by molar-refractivity contribution is 5.91. The van der Waals surface area contributed by atoms with Crippen LogP contribution in [0.4, 0.5) is 0 Å². The molecule has 194 valence electrons. The summed E-state index contributed by atoms with van der Waals surface area (Å²) in [5.41, 5.74) is 0.342. The Morgan fingerprint density at radius 1 is 1.25 bits per heavy atom. The minimum atomic E-state index is -0.941. The van der Waals surface area contributed by atoms with E-state index in [2.05, 4.69) is 17.1 Å². The van der Waals surface area contributed by atoms with E-state index >= 15 is 0 Å². The zero-order valence-electron chi connectivity index (χ0n) is 21.4. The van der Waals surface area contributed by atoms with Gasteiger partial charge >= 0.3 is 11.9 Å². The quantitative estimate of drug-likeness (QED) is 0.500. The highest BCUT2D eigenvalue weighted by atomic mass is 16.6. The predicted octanol–water partition coefficient (Wildman–Crippen LogP) is 3.64. The second kappa shape index (κ2) is 9.30. The molecule has 36 heavy (non-hydrogen) atoms. The molecule has 4 bridgehead atoms. The van der Waals surface area contributed by atoms with Crippen molar-refractivity contribution in [3.63, 3.8) is 0 Å². The van der Waals surface area contributed by atoms with Crippen LogP contribution in [0, 0.1) is 29.6 Å². The Balaban J connectivity index is 1.58. The van der Waals surface area contributed by atoms with Gasteiger partial charge in [0, 0.05) is 31.1 Å². The summed E-state index contributed by atoms with van der Waals surface area (Å²) in [6.45, 7) is 7.83. The first-order valence-electron chi connectivity index (χ1n) is 12.9. The number of aromatic amines is 1. The van der Waals surface area contributed by atoms with Crippen molar-refractivity contribution in [2.75, 3.05) is 7.11 Å². The molecule has 1 saturated heterocycles. The molecule has 1 spiro atoms. The van der Waals surface area contributed by atoms with Crippen molar-refractivity contribution in [1.82, 2.24) is 4.98 Å². The van der Waals surface area contributed by atoms with Crippen molar-refractivity contribution in [3.8, 4) is 0 Å². The van der Waals surface area contributed by atoms with Crippen LogP contribution in [-0.4, -0.2) is 59.8 Å². The van der Waals surface area contributed by atoms with Crippen molar-refractivity contribution in [2.45, 2.75) is 70.6 Å². The minimum Gasteiger partial charge on any atom is -0.460 e. The Kier molecular flexibility index (Phi) is 6.45. The molecule has 8 heteroatoms. The number of rotatable bonds is 4. The summed E-state index contributed by atoms with van der Waals surface area (Å²) >= 11 is 0. The van der Waals surface area contributed by atoms with Crippen LogP contribution < -0.4 is 0 Å². The van der Waals surface area contributed by atoms with Gasteiger partial charge in [0.1, 0.15) is 35.4 Å². The number of hydrogen-bond acceptors (Lipinski definition) is 7. The third-order valence-electron chi connectivity index (χ3n) is 8.71. The summed E-state index contributed by atoms with van der Waals surface area (Å²) in [6.07, 6.45) is 6.52. The molecule has 0 unspecified atom stereocenters. The molecule has 5 rings (SSSR count). The minimum absolute atomic E-state index is 0.0217. The fourth-order valence-corrected chi connectivity index (χ4v) is 6.85. The number of carbonyl (C=O) groups is 3. The molecule has 8 nitrogen and oxygen atoms in total. The third kappa shape index (κ3) is 3.68. The average molecular weight is 498 g/mol. The second-order valence-electron chi connectivity index (χ2n) is 10.6. The van der Waals surface area contributed by atoms with Gasteiger partial charge in [0.15, 0.2) is 6.10 Å². The van der Waals surface area contributed by atoms with Gasteiger partial charge in [-0.15, -0.1) is 0 Å². The number of carbonyl (C=O) groups excluding carboxylic acids is 3. The lowest BCUT2D eigenvalue weighted by Gasteiger charge is -2.45. The van der Waals surface area contributed by atoms with Crippen LogP contribution in [0.15, 0.2) is 42.1 Å². The molecule has 3 heterocycles. The summed E-state index contributed by atoms with van der Waals surface area (Å²) in [5, 5.41) is 0. The van der Waals surface area contributed by atoms with Crippen molar-refractivity contribution in [3.05, 3.63) is 47.8 Å². The van der Waals surface area contributed by atoms with Gasteiger partial charge in [0.05, 0.1) is 11.8 Å². The zero-order chi connectivity index (χ0) is 25.8. The monoisotopic (exact) mass is 497 g/mol. The average Bonchev–Trinajstić information content (AvgIpc) is 3.46. The van der Waals surface area contributed by atoms with E-state index in [0.29, 0.717) is 18.5 Å². The van der Waals surface area contributed by atoms with Gasteiger partial charge in [-0.2, -0.15) is 0 Å². The van der Waals surface area contributed by atoms with E-state index in [1.54, 1.807) is 18.3 Å². The molecule has 0 amide bonds. The summed E-state index contributed by atoms with van der Waals surface area (Å²) in [7, 11) is 1.50. The third-order valence-corrected chi connectivity index (χ3v) is 8.71. The van der Waals surface area contributed by atoms with Crippen molar-refractivity contribution < 1.29 is 33.3 Å². The summed E-state index contributed by atoms with van der Waals surface area (Å²) in [4.78, 5) is 42.7.